The predicted molar refractivity (Wildman–Crippen MR) is 103 cm³/mol. The summed E-state index contributed by atoms with van der Waals surface area (Å²) in [4.78, 5) is 5.64. The summed E-state index contributed by atoms with van der Waals surface area (Å²) in [5, 5.41) is 6.34. The molecule has 0 unspecified atom stereocenters. The molecule has 0 aliphatic heterocycles. The fourth-order valence-corrected chi connectivity index (χ4v) is 1.94. The minimum atomic E-state index is -4.14. The molecule has 0 rings (SSSR count). The number of rotatable bonds is 12. The molecule has 0 spiro atoms. The average Bonchev–Trinajstić information content (AvgIpc) is 2.45. The van der Waals surface area contributed by atoms with E-state index in [1.165, 1.54) is 11.9 Å². The Bertz CT molecular complexity index is 318. The monoisotopic (exact) mass is 468 g/mol. The zero-order chi connectivity index (χ0) is 17.6. The van der Waals surface area contributed by atoms with Gasteiger partial charge in [0.15, 0.2) is 5.96 Å². The van der Waals surface area contributed by atoms with Crippen molar-refractivity contribution < 1.29 is 17.9 Å². The van der Waals surface area contributed by atoms with Crippen LogP contribution in [0.25, 0.3) is 0 Å². The van der Waals surface area contributed by atoms with Crippen LogP contribution in [0.3, 0.4) is 0 Å². The first-order valence-electron chi connectivity index (χ1n) is 8.24. The molecule has 0 saturated carbocycles. The van der Waals surface area contributed by atoms with Gasteiger partial charge in [-0.25, -0.2) is 0 Å². The number of guanidine groups is 1. The predicted octanol–water partition coefficient (Wildman–Crippen LogP) is 2.86. The van der Waals surface area contributed by atoms with Crippen molar-refractivity contribution in [2.45, 2.75) is 39.3 Å². The van der Waals surface area contributed by atoms with E-state index in [0.29, 0.717) is 25.5 Å². The summed E-state index contributed by atoms with van der Waals surface area (Å²) < 4.78 is 41.9. The van der Waals surface area contributed by atoms with Crippen LogP contribution in [0.15, 0.2) is 4.99 Å². The first kappa shape index (κ1) is 25.9. The standard InChI is InChI=1S/C15H31F3N4O.HI/c1-4-19-14(20-9-6-7-12-23-5-2)21-10-8-11-22(3)13-15(16,17)18;/h4-13H2,1-3H3,(H2,19,20,21);1H. The molecular weight excluding hydrogens is 436 g/mol. The molecule has 5 nitrogen and oxygen atoms in total. The summed E-state index contributed by atoms with van der Waals surface area (Å²) in [6.45, 7) is 6.98. The van der Waals surface area contributed by atoms with Gasteiger partial charge in [-0.1, -0.05) is 0 Å². The van der Waals surface area contributed by atoms with Crippen molar-refractivity contribution in [2.24, 2.45) is 4.99 Å². The Morgan fingerprint density at radius 2 is 1.83 bits per heavy atom. The average molecular weight is 468 g/mol. The lowest BCUT2D eigenvalue weighted by Crippen LogP contribution is -2.38. The SMILES string of the molecule is CCNC(=NCCCN(C)CC(F)(F)F)NCCCCOCC.I. The van der Waals surface area contributed by atoms with E-state index >= 15 is 0 Å². The van der Waals surface area contributed by atoms with Gasteiger partial charge < -0.3 is 15.4 Å². The van der Waals surface area contributed by atoms with Crippen LogP contribution >= 0.6 is 24.0 Å². The molecular formula is C15H32F3IN4O. The Balaban J connectivity index is 0. The number of halogens is 4. The summed E-state index contributed by atoms with van der Waals surface area (Å²) in [6.07, 6.45) is -1.58. The molecule has 0 heterocycles. The number of nitrogens with one attached hydrogen (secondary N) is 2. The van der Waals surface area contributed by atoms with Gasteiger partial charge >= 0.3 is 6.18 Å². The molecule has 0 saturated heterocycles. The molecule has 0 radical (unpaired) electrons. The topological polar surface area (TPSA) is 48.9 Å². The van der Waals surface area contributed by atoms with Crippen LogP contribution in [-0.4, -0.2) is 70.0 Å². The van der Waals surface area contributed by atoms with Gasteiger partial charge in [0.2, 0.25) is 0 Å². The van der Waals surface area contributed by atoms with E-state index in [1.54, 1.807) is 0 Å². The molecule has 2 N–H and O–H groups in total. The van der Waals surface area contributed by atoms with E-state index in [4.69, 9.17) is 4.74 Å². The maximum atomic E-state index is 12.2. The van der Waals surface area contributed by atoms with Gasteiger partial charge in [0.25, 0.3) is 0 Å². The van der Waals surface area contributed by atoms with Crippen molar-refractivity contribution in [1.29, 1.82) is 0 Å². The Morgan fingerprint density at radius 3 is 2.42 bits per heavy atom. The Labute approximate surface area is 160 Å². The van der Waals surface area contributed by atoms with Gasteiger partial charge in [0, 0.05) is 32.8 Å². The second kappa shape index (κ2) is 16.2. The van der Waals surface area contributed by atoms with Crippen LogP contribution in [0.1, 0.15) is 33.1 Å². The number of aliphatic imine (C=N–C) groups is 1. The molecule has 0 bridgehead atoms. The minimum absolute atomic E-state index is 0. The van der Waals surface area contributed by atoms with Crippen LogP contribution in [0.2, 0.25) is 0 Å². The summed E-state index contributed by atoms with van der Waals surface area (Å²) in [7, 11) is 1.47. The van der Waals surface area contributed by atoms with Crippen molar-refractivity contribution in [3.05, 3.63) is 0 Å². The van der Waals surface area contributed by atoms with Crippen LogP contribution in [-0.2, 0) is 4.74 Å². The van der Waals surface area contributed by atoms with Crippen molar-refractivity contribution >= 4 is 29.9 Å². The van der Waals surface area contributed by atoms with E-state index in [2.05, 4.69) is 15.6 Å². The van der Waals surface area contributed by atoms with Gasteiger partial charge in [-0.05, 0) is 46.7 Å². The molecule has 0 fully saturated rings. The molecule has 0 aromatic heterocycles. The maximum absolute atomic E-state index is 12.2. The molecule has 0 atom stereocenters. The highest BCUT2D eigenvalue weighted by Gasteiger charge is 2.28. The normalized spacial score (nSPS) is 12.2. The fourth-order valence-electron chi connectivity index (χ4n) is 1.94. The van der Waals surface area contributed by atoms with Gasteiger partial charge in [-0.15, -0.1) is 24.0 Å². The third-order valence-electron chi connectivity index (χ3n) is 2.97. The summed E-state index contributed by atoms with van der Waals surface area (Å²) >= 11 is 0. The van der Waals surface area contributed by atoms with Gasteiger partial charge in [0.1, 0.15) is 0 Å². The molecule has 24 heavy (non-hydrogen) atoms. The molecule has 146 valence electrons. The highest BCUT2D eigenvalue weighted by Crippen LogP contribution is 2.15. The first-order valence-corrected chi connectivity index (χ1v) is 8.24. The molecule has 0 aromatic rings. The number of hydrogen-bond acceptors (Lipinski definition) is 3. The molecule has 0 aliphatic carbocycles. The Morgan fingerprint density at radius 1 is 1.12 bits per heavy atom. The number of ether oxygens (including phenoxy) is 1. The van der Waals surface area contributed by atoms with Crippen LogP contribution < -0.4 is 10.6 Å². The van der Waals surface area contributed by atoms with Gasteiger partial charge in [-0.3, -0.25) is 9.89 Å². The lowest BCUT2D eigenvalue weighted by molar-refractivity contribution is -0.143. The van der Waals surface area contributed by atoms with E-state index in [0.717, 1.165) is 39.1 Å². The highest BCUT2D eigenvalue weighted by atomic mass is 127. The lowest BCUT2D eigenvalue weighted by atomic mass is 10.3. The van der Waals surface area contributed by atoms with Gasteiger partial charge in [0.05, 0.1) is 6.54 Å². The first-order chi connectivity index (χ1) is 10.9. The van der Waals surface area contributed by atoms with E-state index in [9.17, 15) is 13.2 Å². The Kier molecular flexibility index (Phi) is 17.5. The number of nitrogens with zero attached hydrogens (tertiary/aromatic N) is 2. The second-order valence-corrected chi connectivity index (χ2v) is 5.30. The van der Waals surface area contributed by atoms with Gasteiger partial charge in [-0.2, -0.15) is 13.2 Å². The fraction of sp³-hybridized carbons (Fsp3) is 0.933. The third kappa shape index (κ3) is 18.1. The zero-order valence-electron chi connectivity index (χ0n) is 14.9. The summed E-state index contributed by atoms with van der Waals surface area (Å²) in [6, 6.07) is 0. The smallest absolute Gasteiger partial charge is 0.382 e. The van der Waals surface area contributed by atoms with Crippen LogP contribution in [0, 0.1) is 0 Å². The van der Waals surface area contributed by atoms with Crippen LogP contribution in [0.4, 0.5) is 13.2 Å². The number of alkyl halides is 3. The third-order valence-corrected chi connectivity index (χ3v) is 2.97. The molecule has 0 amide bonds. The summed E-state index contributed by atoms with van der Waals surface area (Å²) in [5.74, 6) is 0.711. The van der Waals surface area contributed by atoms with Crippen molar-refractivity contribution in [3.63, 3.8) is 0 Å². The van der Waals surface area contributed by atoms with E-state index in [1.807, 2.05) is 13.8 Å². The van der Waals surface area contributed by atoms with E-state index in [-0.39, 0.29) is 24.0 Å². The highest BCUT2D eigenvalue weighted by molar-refractivity contribution is 14.0. The molecule has 0 aliphatic rings. The minimum Gasteiger partial charge on any atom is -0.382 e. The van der Waals surface area contributed by atoms with E-state index < -0.39 is 12.7 Å². The number of hydrogen-bond donors (Lipinski definition) is 2. The number of unbranched alkanes of at least 4 members (excludes halogenated alkanes) is 1. The maximum Gasteiger partial charge on any atom is 0.401 e. The quantitative estimate of drug-likeness (QED) is 0.200. The zero-order valence-corrected chi connectivity index (χ0v) is 17.2. The van der Waals surface area contributed by atoms with Crippen molar-refractivity contribution in [3.8, 4) is 0 Å². The molecule has 0 aromatic carbocycles. The second-order valence-electron chi connectivity index (χ2n) is 5.30. The van der Waals surface area contributed by atoms with Crippen molar-refractivity contribution in [1.82, 2.24) is 15.5 Å². The molecule has 9 heteroatoms. The largest absolute Gasteiger partial charge is 0.401 e. The van der Waals surface area contributed by atoms with Crippen molar-refractivity contribution in [2.75, 3.05) is 53.0 Å². The Hall–Kier alpha value is -0.290. The summed E-state index contributed by atoms with van der Waals surface area (Å²) in [5.41, 5.74) is 0. The lowest BCUT2D eigenvalue weighted by Gasteiger charge is -2.18. The van der Waals surface area contributed by atoms with Crippen LogP contribution in [0.5, 0.6) is 0 Å².